The third kappa shape index (κ3) is 3.43. The van der Waals surface area contributed by atoms with Gasteiger partial charge in [-0.05, 0) is 25.5 Å². The van der Waals surface area contributed by atoms with Crippen LogP contribution in [0.5, 0.6) is 0 Å². The van der Waals surface area contributed by atoms with Crippen molar-refractivity contribution in [1.82, 2.24) is 10.3 Å². The lowest BCUT2D eigenvalue weighted by molar-refractivity contribution is -0.119. The highest BCUT2D eigenvalue weighted by Crippen LogP contribution is 2.14. The number of nitrogens with zero attached hydrogens (tertiary/aromatic N) is 1. The van der Waals surface area contributed by atoms with E-state index in [-0.39, 0.29) is 11.9 Å². The van der Waals surface area contributed by atoms with E-state index in [9.17, 15) is 9.59 Å². The molecule has 1 aliphatic heterocycles. The third-order valence-corrected chi connectivity index (χ3v) is 2.90. The van der Waals surface area contributed by atoms with Crippen LogP contribution in [0, 0.1) is 0 Å². The summed E-state index contributed by atoms with van der Waals surface area (Å²) in [5.41, 5.74) is 0.411. The van der Waals surface area contributed by atoms with Crippen molar-refractivity contribution in [3.05, 3.63) is 23.9 Å². The Morgan fingerprint density at radius 1 is 1.63 bits per heavy atom. The Morgan fingerprint density at radius 3 is 3.16 bits per heavy atom. The SMILES string of the molecule is CCOC(=O)c1cccnc1NCC1CCC(=O)N1. The molecule has 1 amide bonds. The normalized spacial score (nSPS) is 17.9. The summed E-state index contributed by atoms with van der Waals surface area (Å²) in [7, 11) is 0. The van der Waals surface area contributed by atoms with Gasteiger partial charge >= 0.3 is 5.97 Å². The molecule has 1 aromatic heterocycles. The van der Waals surface area contributed by atoms with Crippen molar-refractivity contribution in [2.24, 2.45) is 0 Å². The molecule has 1 unspecified atom stereocenters. The fourth-order valence-electron chi connectivity index (χ4n) is 1.97. The molecule has 0 aromatic carbocycles. The first kappa shape index (κ1) is 13.3. The van der Waals surface area contributed by atoms with Crippen molar-refractivity contribution in [3.63, 3.8) is 0 Å². The number of carbonyl (C=O) groups excluding carboxylic acids is 2. The molecule has 0 aliphatic carbocycles. The second-order valence-electron chi connectivity index (χ2n) is 4.30. The molecule has 6 nitrogen and oxygen atoms in total. The van der Waals surface area contributed by atoms with Gasteiger partial charge in [-0.3, -0.25) is 4.79 Å². The Labute approximate surface area is 111 Å². The van der Waals surface area contributed by atoms with E-state index in [0.717, 1.165) is 6.42 Å². The fraction of sp³-hybridized carbons (Fsp3) is 0.462. The molecule has 6 heteroatoms. The molecule has 1 aromatic rings. The largest absolute Gasteiger partial charge is 0.462 e. The zero-order chi connectivity index (χ0) is 13.7. The van der Waals surface area contributed by atoms with Crippen LogP contribution in [0.2, 0.25) is 0 Å². The standard InChI is InChI=1S/C13H17N3O3/c1-2-19-13(18)10-4-3-7-14-12(10)15-8-9-5-6-11(17)16-9/h3-4,7,9H,2,5-6,8H2,1H3,(H,14,15)(H,16,17). The van der Waals surface area contributed by atoms with Crippen LogP contribution in [0.15, 0.2) is 18.3 Å². The van der Waals surface area contributed by atoms with Crippen LogP contribution >= 0.6 is 0 Å². The predicted molar refractivity (Wildman–Crippen MR) is 69.8 cm³/mol. The van der Waals surface area contributed by atoms with E-state index >= 15 is 0 Å². The molecule has 1 fully saturated rings. The molecule has 0 radical (unpaired) electrons. The Kier molecular flexibility index (Phi) is 4.33. The fourth-order valence-corrected chi connectivity index (χ4v) is 1.97. The first-order valence-electron chi connectivity index (χ1n) is 6.36. The van der Waals surface area contributed by atoms with E-state index in [0.29, 0.717) is 31.0 Å². The lowest BCUT2D eigenvalue weighted by Crippen LogP contribution is -2.32. The van der Waals surface area contributed by atoms with E-state index in [1.54, 1.807) is 25.3 Å². The van der Waals surface area contributed by atoms with Gasteiger partial charge in [0.25, 0.3) is 0 Å². The topological polar surface area (TPSA) is 80.3 Å². The lowest BCUT2D eigenvalue weighted by atomic mass is 10.2. The Hall–Kier alpha value is -2.11. The quantitative estimate of drug-likeness (QED) is 0.773. The average molecular weight is 263 g/mol. The minimum absolute atomic E-state index is 0.0680. The Morgan fingerprint density at radius 2 is 2.47 bits per heavy atom. The maximum atomic E-state index is 11.7. The van der Waals surface area contributed by atoms with Gasteiger partial charge in [0.05, 0.1) is 6.61 Å². The molecule has 0 saturated carbocycles. The monoisotopic (exact) mass is 263 g/mol. The zero-order valence-corrected chi connectivity index (χ0v) is 10.8. The second-order valence-corrected chi connectivity index (χ2v) is 4.30. The van der Waals surface area contributed by atoms with Crippen molar-refractivity contribution < 1.29 is 14.3 Å². The van der Waals surface area contributed by atoms with Crippen LogP contribution in [0.1, 0.15) is 30.1 Å². The van der Waals surface area contributed by atoms with Crippen LogP contribution in [-0.2, 0) is 9.53 Å². The molecular formula is C13H17N3O3. The first-order chi connectivity index (χ1) is 9.20. The molecule has 1 saturated heterocycles. The number of esters is 1. The number of hydrogen-bond acceptors (Lipinski definition) is 5. The molecular weight excluding hydrogens is 246 g/mol. The van der Waals surface area contributed by atoms with Crippen LogP contribution < -0.4 is 10.6 Å². The highest BCUT2D eigenvalue weighted by atomic mass is 16.5. The van der Waals surface area contributed by atoms with Crippen LogP contribution in [0.4, 0.5) is 5.82 Å². The molecule has 0 bridgehead atoms. The summed E-state index contributed by atoms with van der Waals surface area (Å²) >= 11 is 0. The van der Waals surface area contributed by atoms with Gasteiger partial charge < -0.3 is 15.4 Å². The van der Waals surface area contributed by atoms with Gasteiger partial charge in [-0.2, -0.15) is 0 Å². The number of rotatable bonds is 5. The summed E-state index contributed by atoms with van der Waals surface area (Å²) in [6.07, 6.45) is 2.96. The molecule has 2 rings (SSSR count). The van der Waals surface area contributed by atoms with Crippen molar-refractivity contribution in [2.45, 2.75) is 25.8 Å². The number of anilines is 1. The van der Waals surface area contributed by atoms with Gasteiger partial charge in [0.15, 0.2) is 0 Å². The first-order valence-corrected chi connectivity index (χ1v) is 6.36. The third-order valence-electron chi connectivity index (χ3n) is 2.90. The number of aromatic nitrogens is 1. The van der Waals surface area contributed by atoms with Crippen molar-refractivity contribution in [2.75, 3.05) is 18.5 Å². The number of hydrogen-bond donors (Lipinski definition) is 2. The molecule has 0 spiro atoms. The Bertz CT molecular complexity index is 476. The lowest BCUT2D eigenvalue weighted by Gasteiger charge is -2.13. The van der Waals surface area contributed by atoms with Crippen LogP contribution in [0.3, 0.4) is 0 Å². The van der Waals surface area contributed by atoms with Gasteiger partial charge in [-0.15, -0.1) is 0 Å². The maximum absolute atomic E-state index is 11.7. The summed E-state index contributed by atoms with van der Waals surface area (Å²) < 4.78 is 4.97. The molecule has 102 valence electrons. The summed E-state index contributed by atoms with van der Waals surface area (Å²) in [5.74, 6) is 0.161. The summed E-state index contributed by atoms with van der Waals surface area (Å²) in [6, 6.07) is 3.44. The minimum Gasteiger partial charge on any atom is -0.462 e. The number of pyridine rings is 1. The maximum Gasteiger partial charge on any atom is 0.341 e. The van der Waals surface area contributed by atoms with Crippen molar-refractivity contribution in [1.29, 1.82) is 0 Å². The highest BCUT2D eigenvalue weighted by Gasteiger charge is 2.21. The van der Waals surface area contributed by atoms with Gasteiger partial charge in [-0.25, -0.2) is 9.78 Å². The number of nitrogens with one attached hydrogen (secondary N) is 2. The number of ether oxygens (including phenoxy) is 1. The summed E-state index contributed by atoms with van der Waals surface area (Å²) in [5, 5.41) is 5.94. The van der Waals surface area contributed by atoms with E-state index in [1.807, 2.05) is 0 Å². The van der Waals surface area contributed by atoms with Crippen LogP contribution in [0.25, 0.3) is 0 Å². The predicted octanol–water partition coefficient (Wildman–Crippen LogP) is 0.949. The van der Waals surface area contributed by atoms with Gasteiger partial charge in [0.2, 0.25) is 5.91 Å². The molecule has 2 N–H and O–H groups in total. The average Bonchev–Trinajstić information content (AvgIpc) is 2.83. The van der Waals surface area contributed by atoms with Crippen LogP contribution in [-0.4, -0.2) is 36.1 Å². The molecule has 1 atom stereocenters. The van der Waals surface area contributed by atoms with E-state index < -0.39 is 5.97 Å². The van der Waals surface area contributed by atoms with Crippen molar-refractivity contribution >= 4 is 17.7 Å². The highest BCUT2D eigenvalue weighted by molar-refractivity contribution is 5.94. The zero-order valence-electron chi connectivity index (χ0n) is 10.8. The smallest absolute Gasteiger partial charge is 0.341 e. The number of carbonyl (C=O) groups is 2. The minimum atomic E-state index is -0.395. The van der Waals surface area contributed by atoms with Gasteiger partial charge in [0, 0.05) is 25.2 Å². The van der Waals surface area contributed by atoms with Gasteiger partial charge in [0.1, 0.15) is 11.4 Å². The summed E-state index contributed by atoms with van der Waals surface area (Å²) in [6.45, 7) is 2.64. The number of amides is 1. The molecule has 19 heavy (non-hydrogen) atoms. The van der Waals surface area contributed by atoms with E-state index in [4.69, 9.17) is 4.74 Å². The second kappa shape index (κ2) is 6.17. The van der Waals surface area contributed by atoms with E-state index in [1.165, 1.54) is 0 Å². The molecule has 2 heterocycles. The molecule has 1 aliphatic rings. The Balaban J connectivity index is 1.99. The summed E-state index contributed by atoms with van der Waals surface area (Å²) in [4.78, 5) is 27.0. The van der Waals surface area contributed by atoms with Crippen molar-refractivity contribution in [3.8, 4) is 0 Å². The van der Waals surface area contributed by atoms with Gasteiger partial charge in [-0.1, -0.05) is 0 Å². The van der Waals surface area contributed by atoms with E-state index in [2.05, 4.69) is 15.6 Å².